The van der Waals surface area contributed by atoms with Gasteiger partial charge in [0, 0.05) is 25.3 Å². The third-order valence-corrected chi connectivity index (χ3v) is 3.00. The molecule has 0 fully saturated rings. The maximum Gasteiger partial charge on any atom is 0.138 e. The second-order valence-corrected chi connectivity index (χ2v) is 4.53. The Kier molecular flexibility index (Phi) is 4.00. The van der Waals surface area contributed by atoms with Crippen molar-refractivity contribution in [3.8, 4) is 0 Å². The van der Waals surface area contributed by atoms with E-state index in [1.165, 1.54) is 5.56 Å². The van der Waals surface area contributed by atoms with Crippen molar-refractivity contribution in [2.24, 2.45) is 0 Å². The summed E-state index contributed by atoms with van der Waals surface area (Å²) in [5.41, 5.74) is 2.38. The second kappa shape index (κ2) is 5.69. The molecule has 0 amide bonds. The minimum absolute atomic E-state index is 0.772. The van der Waals surface area contributed by atoms with Gasteiger partial charge in [0.1, 0.15) is 17.5 Å². The van der Waals surface area contributed by atoms with Crippen molar-refractivity contribution in [3.05, 3.63) is 41.7 Å². The fourth-order valence-corrected chi connectivity index (χ4v) is 2.06. The normalized spacial score (nSPS) is 10.3. The summed E-state index contributed by atoms with van der Waals surface area (Å²) in [4.78, 5) is 11.0. The number of hydrogen-bond acceptors (Lipinski definition) is 4. The lowest BCUT2D eigenvalue weighted by atomic mass is 10.2. The highest BCUT2D eigenvalue weighted by molar-refractivity contribution is 5.64. The van der Waals surface area contributed by atoms with Gasteiger partial charge < -0.3 is 10.2 Å². The first kappa shape index (κ1) is 13.3. The van der Waals surface area contributed by atoms with Gasteiger partial charge in [-0.1, -0.05) is 18.2 Å². The van der Waals surface area contributed by atoms with Crippen molar-refractivity contribution in [1.29, 1.82) is 0 Å². The van der Waals surface area contributed by atoms with Crippen LogP contribution in [0.2, 0.25) is 0 Å². The SMILES string of the molecule is CCNc1cc(N(C)c2ccccc2C)nc(C)n1. The minimum Gasteiger partial charge on any atom is -0.370 e. The predicted molar refractivity (Wildman–Crippen MR) is 80.2 cm³/mol. The molecular formula is C15H20N4. The van der Waals surface area contributed by atoms with Crippen LogP contribution in [0, 0.1) is 13.8 Å². The molecule has 0 bridgehead atoms. The van der Waals surface area contributed by atoms with Crippen LogP contribution in [0.4, 0.5) is 17.3 Å². The molecule has 100 valence electrons. The van der Waals surface area contributed by atoms with Crippen LogP contribution in [0.3, 0.4) is 0 Å². The zero-order valence-electron chi connectivity index (χ0n) is 11.9. The molecule has 1 aromatic heterocycles. The van der Waals surface area contributed by atoms with Crippen LogP contribution in [0.25, 0.3) is 0 Å². The summed E-state index contributed by atoms with van der Waals surface area (Å²) in [6, 6.07) is 10.3. The maximum atomic E-state index is 4.51. The molecule has 0 atom stereocenters. The van der Waals surface area contributed by atoms with Crippen molar-refractivity contribution < 1.29 is 0 Å². The smallest absolute Gasteiger partial charge is 0.138 e. The first-order chi connectivity index (χ1) is 9.11. The van der Waals surface area contributed by atoms with Gasteiger partial charge in [-0.25, -0.2) is 9.97 Å². The van der Waals surface area contributed by atoms with Crippen LogP contribution in [-0.4, -0.2) is 23.6 Å². The van der Waals surface area contributed by atoms with Gasteiger partial charge in [-0.3, -0.25) is 0 Å². The Morgan fingerprint density at radius 1 is 1.16 bits per heavy atom. The summed E-state index contributed by atoms with van der Waals surface area (Å²) in [7, 11) is 2.03. The summed E-state index contributed by atoms with van der Waals surface area (Å²) in [6.07, 6.45) is 0. The first-order valence-electron chi connectivity index (χ1n) is 6.50. The van der Waals surface area contributed by atoms with Crippen LogP contribution >= 0.6 is 0 Å². The van der Waals surface area contributed by atoms with Gasteiger partial charge in [0.2, 0.25) is 0 Å². The lowest BCUT2D eigenvalue weighted by Crippen LogP contribution is -2.14. The Morgan fingerprint density at radius 2 is 1.89 bits per heavy atom. The van der Waals surface area contributed by atoms with E-state index < -0.39 is 0 Å². The van der Waals surface area contributed by atoms with E-state index in [0.29, 0.717) is 0 Å². The number of hydrogen-bond donors (Lipinski definition) is 1. The van der Waals surface area contributed by atoms with Gasteiger partial charge in [-0.2, -0.15) is 0 Å². The number of aromatic nitrogens is 2. The van der Waals surface area contributed by atoms with Crippen LogP contribution in [0.5, 0.6) is 0 Å². The standard InChI is InChI=1S/C15H20N4/c1-5-16-14-10-15(18-12(3)17-14)19(4)13-9-7-6-8-11(13)2/h6-10H,5H2,1-4H3,(H,16,17,18). The fraction of sp³-hybridized carbons (Fsp3) is 0.333. The Bertz CT molecular complexity index is 566. The Hall–Kier alpha value is -2.10. The summed E-state index contributed by atoms with van der Waals surface area (Å²) in [5, 5.41) is 3.23. The van der Waals surface area contributed by atoms with Gasteiger partial charge in [-0.15, -0.1) is 0 Å². The molecule has 0 spiro atoms. The third kappa shape index (κ3) is 3.02. The molecule has 1 heterocycles. The zero-order chi connectivity index (χ0) is 13.8. The van der Waals surface area contributed by atoms with E-state index in [4.69, 9.17) is 0 Å². The van der Waals surface area contributed by atoms with Crippen LogP contribution in [0.1, 0.15) is 18.3 Å². The molecule has 0 saturated carbocycles. The Balaban J connectivity index is 2.38. The van der Waals surface area contributed by atoms with Gasteiger partial charge in [-0.05, 0) is 32.4 Å². The van der Waals surface area contributed by atoms with Crippen LogP contribution in [0.15, 0.2) is 30.3 Å². The number of anilines is 3. The predicted octanol–water partition coefficient (Wildman–Crippen LogP) is 3.29. The lowest BCUT2D eigenvalue weighted by Gasteiger charge is -2.21. The zero-order valence-corrected chi connectivity index (χ0v) is 11.9. The Morgan fingerprint density at radius 3 is 2.58 bits per heavy atom. The highest BCUT2D eigenvalue weighted by Crippen LogP contribution is 2.26. The maximum absolute atomic E-state index is 4.51. The summed E-state index contributed by atoms with van der Waals surface area (Å²) in [5.74, 6) is 2.54. The molecule has 0 aliphatic carbocycles. The number of aryl methyl sites for hydroxylation is 2. The minimum atomic E-state index is 0.772. The molecule has 2 rings (SSSR count). The molecule has 19 heavy (non-hydrogen) atoms. The van der Waals surface area contributed by atoms with Crippen LogP contribution in [-0.2, 0) is 0 Å². The van der Waals surface area contributed by atoms with Crippen LogP contribution < -0.4 is 10.2 Å². The first-order valence-corrected chi connectivity index (χ1v) is 6.50. The van der Waals surface area contributed by atoms with E-state index in [9.17, 15) is 0 Å². The topological polar surface area (TPSA) is 41.0 Å². The molecule has 1 N–H and O–H groups in total. The van der Waals surface area contributed by atoms with Crippen molar-refractivity contribution >= 4 is 17.3 Å². The summed E-state index contributed by atoms with van der Waals surface area (Å²) < 4.78 is 0. The van der Waals surface area contributed by atoms with Gasteiger partial charge >= 0.3 is 0 Å². The molecule has 4 nitrogen and oxygen atoms in total. The molecule has 0 aliphatic heterocycles. The van der Waals surface area contributed by atoms with E-state index >= 15 is 0 Å². The molecule has 2 aromatic rings. The molecule has 0 unspecified atom stereocenters. The van der Waals surface area contributed by atoms with E-state index in [2.05, 4.69) is 46.2 Å². The quantitative estimate of drug-likeness (QED) is 0.911. The highest BCUT2D eigenvalue weighted by atomic mass is 15.2. The van der Waals surface area contributed by atoms with Crippen molar-refractivity contribution in [3.63, 3.8) is 0 Å². The third-order valence-electron chi connectivity index (χ3n) is 3.00. The number of para-hydroxylation sites is 1. The number of nitrogens with one attached hydrogen (secondary N) is 1. The monoisotopic (exact) mass is 256 g/mol. The van der Waals surface area contributed by atoms with Crippen molar-refractivity contribution in [1.82, 2.24) is 9.97 Å². The second-order valence-electron chi connectivity index (χ2n) is 4.53. The van der Waals surface area contributed by atoms with Gasteiger partial charge in [0.25, 0.3) is 0 Å². The lowest BCUT2D eigenvalue weighted by molar-refractivity contribution is 1.00. The van der Waals surface area contributed by atoms with E-state index in [1.54, 1.807) is 0 Å². The Labute approximate surface area is 114 Å². The number of nitrogens with zero attached hydrogens (tertiary/aromatic N) is 3. The molecule has 1 aromatic carbocycles. The average Bonchev–Trinajstić information content (AvgIpc) is 2.38. The van der Waals surface area contributed by atoms with E-state index in [1.807, 2.05) is 32.2 Å². The molecule has 4 heteroatoms. The van der Waals surface area contributed by atoms with Crippen molar-refractivity contribution in [2.75, 3.05) is 23.8 Å². The highest BCUT2D eigenvalue weighted by Gasteiger charge is 2.09. The number of benzene rings is 1. The van der Waals surface area contributed by atoms with Gasteiger partial charge in [0.15, 0.2) is 0 Å². The fourth-order valence-electron chi connectivity index (χ4n) is 2.06. The van der Waals surface area contributed by atoms with E-state index in [0.717, 1.165) is 29.7 Å². The summed E-state index contributed by atoms with van der Waals surface area (Å²) >= 11 is 0. The molecule has 0 saturated heterocycles. The molecule has 0 aliphatic rings. The number of rotatable bonds is 4. The molecule has 0 radical (unpaired) electrons. The summed E-state index contributed by atoms with van der Waals surface area (Å²) in [6.45, 7) is 6.92. The van der Waals surface area contributed by atoms with E-state index in [-0.39, 0.29) is 0 Å². The van der Waals surface area contributed by atoms with Crippen molar-refractivity contribution in [2.45, 2.75) is 20.8 Å². The van der Waals surface area contributed by atoms with Gasteiger partial charge in [0.05, 0.1) is 0 Å². The average molecular weight is 256 g/mol. The molecular weight excluding hydrogens is 236 g/mol. The largest absolute Gasteiger partial charge is 0.370 e.